The Hall–Kier alpha value is -3.70. The van der Waals surface area contributed by atoms with Gasteiger partial charge in [-0.3, -0.25) is 4.79 Å². The number of hydrogen-bond acceptors (Lipinski definition) is 7. The predicted octanol–water partition coefficient (Wildman–Crippen LogP) is 2.77. The van der Waals surface area contributed by atoms with Crippen molar-refractivity contribution in [1.29, 1.82) is 0 Å². The lowest BCUT2D eigenvalue weighted by Crippen LogP contribution is -2.51. The second-order valence-corrected chi connectivity index (χ2v) is 10.0. The Kier molecular flexibility index (Phi) is 5.76. The maximum absolute atomic E-state index is 11.6. The Morgan fingerprint density at radius 3 is 2.86 bits per heavy atom. The average Bonchev–Trinajstić information content (AvgIpc) is 3.42. The predicted molar refractivity (Wildman–Crippen MR) is 134 cm³/mol. The highest BCUT2D eigenvalue weighted by atomic mass is 16.6. The van der Waals surface area contributed by atoms with Gasteiger partial charge in [-0.2, -0.15) is 0 Å². The zero-order valence-electron chi connectivity index (χ0n) is 20.8. The van der Waals surface area contributed by atoms with Crippen molar-refractivity contribution in [3.8, 4) is 17.0 Å². The molecule has 0 saturated carbocycles. The van der Waals surface area contributed by atoms with Gasteiger partial charge >= 0.3 is 6.09 Å². The summed E-state index contributed by atoms with van der Waals surface area (Å²) in [5.74, 6) is 1.18. The van der Waals surface area contributed by atoms with Crippen LogP contribution in [-0.2, 0) is 33.3 Å². The zero-order chi connectivity index (χ0) is 25.7. The summed E-state index contributed by atoms with van der Waals surface area (Å²) in [4.78, 5) is 33.7. The van der Waals surface area contributed by atoms with Crippen LogP contribution in [0.25, 0.3) is 22.2 Å². The van der Waals surface area contributed by atoms with E-state index in [0.29, 0.717) is 51.8 Å². The number of aromatic nitrogens is 3. The van der Waals surface area contributed by atoms with E-state index in [2.05, 4.69) is 10.3 Å². The molecule has 37 heavy (non-hydrogen) atoms. The van der Waals surface area contributed by atoms with E-state index in [1.54, 1.807) is 6.20 Å². The van der Waals surface area contributed by atoms with Crippen LogP contribution in [0.1, 0.15) is 24.6 Å². The van der Waals surface area contributed by atoms with Crippen molar-refractivity contribution in [3.05, 3.63) is 35.8 Å². The molecule has 3 aliphatic heterocycles. The molecule has 0 aliphatic carbocycles. The monoisotopic (exact) mass is 507 g/mol. The third-order valence-electron chi connectivity index (χ3n) is 7.39. The quantitative estimate of drug-likeness (QED) is 0.540. The molecule has 3 aromatic heterocycles. The van der Waals surface area contributed by atoms with Crippen molar-refractivity contribution >= 4 is 28.7 Å². The third-order valence-corrected chi connectivity index (χ3v) is 7.39. The first kappa shape index (κ1) is 23.7. The maximum Gasteiger partial charge on any atom is 0.407 e. The van der Waals surface area contributed by atoms with Gasteiger partial charge in [0.25, 0.3) is 0 Å². The number of rotatable bonds is 5. The van der Waals surface area contributed by atoms with Crippen molar-refractivity contribution in [2.75, 3.05) is 44.8 Å². The fourth-order valence-corrected chi connectivity index (χ4v) is 5.47. The van der Waals surface area contributed by atoms with Crippen LogP contribution < -0.4 is 10.1 Å². The number of nitrogens with one attached hydrogen (secondary N) is 1. The SMILES string of the molecule is CC(=O)Nc1cc2c(-c3cc(OCC4CN(C(=O)O)C4)c4c(n3)C3(CCOC3)OCC4)cn(C)c2cn1. The number of amides is 2. The molecule has 11 heteroatoms. The minimum atomic E-state index is -0.899. The number of fused-ring (bicyclic) bond motifs is 3. The standard InChI is InChI=1S/C26H29N5O6/c1-15(32)28-23-7-18-19(12-30(2)21(18)9-27-23)20-8-22(36-13-16-10-31(11-16)25(33)34)17-3-5-37-26(24(17)29-20)4-6-35-14-26/h7-9,12,16H,3-6,10-11,13-14H2,1-2H3,(H,33,34)(H,27,28,32). The van der Waals surface area contributed by atoms with Gasteiger partial charge in [0.15, 0.2) is 0 Å². The van der Waals surface area contributed by atoms with Gasteiger partial charge in [0, 0.05) is 81.2 Å². The molecule has 2 N–H and O–H groups in total. The summed E-state index contributed by atoms with van der Waals surface area (Å²) in [6.45, 7) is 4.43. The van der Waals surface area contributed by atoms with Gasteiger partial charge in [-0.25, -0.2) is 14.8 Å². The first-order valence-electron chi connectivity index (χ1n) is 12.4. The highest BCUT2D eigenvalue weighted by Gasteiger charge is 2.44. The van der Waals surface area contributed by atoms with Crippen LogP contribution in [-0.4, -0.2) is 76.1 Å². The highest BCUT2D eigenvalue weighted by molar-refractivity contribution is 5.98. The largest absolute Gasteiger partial charge is 0.493 e. The second kappa shape index (κ2) is 9.00. The number of carbonyl (C=O) groups excluding carboxylic acids is 1. The second-order valence-electron chi connectivity index (χ2n) is 10.0. The summed E-state index contributed by atoms with van der Waals surface area (Å²) >= 11 is 0. The molecule has 3 aromatic rings. The molecule has 2 fully saturated rings. The minimum absolute atomic E-state index is 0.149. The topological polar surface area (TPSA) is 128 Å². The molecule has 0 radical (unpaired) electrons. The van der Waals surface area contributed by atoms with Crippen molar-refractivity contribution in [2.24, 2.45) is 13.0 Å². The number of nitrogens with zero attached hydrogens (tertiary/aromatic N) is 4. The van der Waals surface area contributed by atoms with Gasteiger partial charge in [-0.15, -0.1) is 0 Å². The molecular weight excluding hydrogens is 478 g/mol. The molecule has 194 valence electrons. The Labute approximate surface area is 213 Å². The number of anilines is 1. The number of likely N-dealkylation sites (tertiary alicyclic amines) is 1. The van der Waals surface area contributed by atoms with Crippen molar-refractivity contribution < 1.29 is 28.9 Å². The van der Waals surface area contributed by atoms with E-state index in [9.17, 15) is 9.59 Å². The van der Waals surface area contributed by atoms with E-state index in [4.69, 9.17) is 24.3 Å². The third kappa shape index (κ3) is 4.17. The summed E-state index contributed by atoms with van der Waals surface area (Å²) in [6.07, 6.45) is 4.24. The summed E-state index contributed by atoms with van der Waals surface area (Å²) in [6, 6.07) is 3.82. The van der Waals surface area contributed by atoms with Crippen LogP contribution in [0.5, 0.6) is 5.75 Å². The number of carboxylic acid groups (broad SMARTS) is 1. The van der Waals surface area contributed by atoms with Crippen LogP contribution in [0.3, 0.4) is 0 Å². The average molecular weight is 508 g/mol. The smallest absolute Gasteiger partial charge is 0.407 e. The zero-order valence-corrected chi connectivity index (χ0v) is 20.8. The molecule has 11 nitrogen and oxygen atoms in total. The molecule has 1 atom stereocenters. The van der Waals surface area contributed by atoms with E-state index in [0.717, 1.165) is 45.6 Å². The fraction of sp³-hybridized carbons (Fsp3) is 0.462. The molecule has 0 aromatic carbocycles. The van der Waals surface area contributed by atoms with Gasteiger partial charge in [0.1, 0.15) is 17.2 Å². The van der Waals surface area contributed by atoms with Crippen molar-refractivity contribution in [1.82, 2.24) is 19.4 Å². The molecule has 1 unspecified atom stereocenters. The van der Waals surface area contributed by atoms with Crippen LogP contribution in [0.2, 0.25) is 0 Å². The lowest BCUT2D eigenvalue weighted by atomic mass is 9.89. The van der Waals surface area contributed by atoms with E-state index in [1.807, 2.05) is 29.9 Å². The molecule has 2 amide bonds. The van der Waals surface area contributed by atoms with Crippen LogP contribution >= 0.6 is 0 Å². The van der Waals surface area contributed by atoms with Crippen LogP contribution in [0.15, 0.2) is 24.5 Å². The number of pyridine rings is 2. The highest BCUT2D eigenvalue weighted by Crippen LogP contribution is 2.44. The van der Waals surface area contributed by atoms with Crippen molar-refractivity contribution in [2.45, 2.75) is 25.4 Å². The molecule has 6 rings (SSSR count). The molecule has 2 saturated heterocycles. The molecule has 0 bridgehead atoms. The Bertz CT molecular complexity index is 1390. The molecular formula is C26H29N5O6. The van der Waals surface area contributed by atoms with Crippen LogP contribution in [0, 0.1) is 5.92 Å². The number of ether oxygens (including phenoxy) is 3. The minimum Gasteiger partial charge on any atom is -0.493 e. The van der Waals surface area contributed by atoms with E-state index < -0.39 is 11.7 Å². The van der Waals surface area contributed by atoms with Gasteiger partial charge in [-0.1, -0.05) is 0 Å². The summed E-state index contributed by atoms with van der Waals surface area (Å²) in [5, 5.41) is 12.8. The Balaban J connectivity index is 1.42. The Morgan fingerprint density at radius 1 is 1.30 bits per heavy atom. The number of carbonyl (C=O) groups is 2. The van der Waals surface area contributed by atoms with Gasteiger partial charge in [0.05, 0.1) is 42.9 Å². The first-order valence-corrected chi connectivity index (χ1v) is 12.4. The maximum atomic E-state index is 11.6. The molecule has 6 heterocycles. The van der Waals surface area contributed by atoms with Gasteiger partial charge < -0.3 is 34.1 Å². The summed E-state index contributed by atoms with van der Waals surface area (Å²) in [5.41, 5.74) is 3.79. The van der Waals surface area contributed by atoms with E-state index >= 15 is 0 Å². The number of hydrogen-bond donors (Lipinski definition) is 2. The summed E-state index contributed by atoms with van der Waals surface area (Å²) < 4.78 is 20.4. The van der Waals surface area contributed by atoms with Gasteiger partial charge in [-0.05, 0) is 6.07 Å². The fourth-order valence-electron chi connectivity index (χ4n) is 5.47. The Morgan fingerprint density at radius 2 is 2.14 bits per heavy atom. The normalized spacial score (nSPS) is 21.2. The number of aryl methyl sites for hydroxylation is 1. The lowest BCUT2D eigenvalue weighted by molar-refractivity contribution is -0.114. The first-order chi connectivity index (χ1) is 17.8. The van der Waals surface area contributed by atoms with Crippen LogP contribution in [0.4, 0.5) is 10.6 Å². The van der Waals surface area contributed by atoms with Gasteiger partial charge in [0.2, 0.25) is 5.91 Å². The van der Waals surface area contributed by atoms with Crippen molar-refractivity contribution in [3.63, 3.8) is 0 Å². The lowest BCUT2D eigenvalue weighted by Gasteiger charge is -2.37. The molecule has 3 aliphatic rings. The van der Waals surface area contributed by atoms with E-state index in [-0.39, 0.29) is 11.8 Å². The summed E-state index contributed by atoms with van der Waals surface area (Å²) in [7, 11) is 1.95. The molecule has 1 spiro atoms. The van der Waals surface area contributed by atoms with E-state index in [1.165, 1.54) is 11.8 Å².